The SMILES string of the molecule is CCN(CC)C(=O)C(C)NC(=O)c1csc(C#CCO)c1. The van der Waals surface area contributed by atoms with E-state index in [1.165, 1.54) is 11.3 Å². The lowest BCUT2D eigenvalue weighted by molar-refractivity contribution is -0.132. The van der Waals surface area contributed by atoms with Crippen molar-refractivity contribution < 1.29 is 14.7 Å². The number of hydrogen-bond acceptors (Lipinski definition) is 4. The van der Waals surface area contributed by atoms with E-state index >= 15 is 0 Å². The average molecular weight is 308 g/mol. The van der Waals surface area contributed by atoms with Crippen LogP contribution in [0.1, 0.15) is 36.0 Å². The molecule has 0 spiro atoms. The Labute approximate surface area is 129 Å². The number of aliphatic hydroxyl groups is 1. The van der Waals surface area contributed by atoms with E-state index in [1.807, 2.05) is 13.8 Å². The molecule has 0 aliphatic carbocycles. The van der Waals surface area contributed by atoms with Crippen molar-refractivity contribution in [2.75, 3.05) is 19.7 Å². The second-order valence-corrected chi connectivity index (χ2v) is 5.28. The Morgan fingerprint density at radius 1 is 1.43 bits per heavy atom. The molecule has 2 amide bonds. The maximum absolute atomic E-state index is 12.1. The van der Waals surface area contributed by atoms with Gasteiger partial charge in [0, 0.05) is 18.5 Å². The molecule has 6 heteroatoms. The number of carbonyl (C=O) groups excluding carboxylic acids is 2. The molecule has 1 aromatic heterocycles. The monoisotopic (exact) mass is 308 g/mol. The van der Waals surface area contributed by atoms with Gasteiger partial charge in [0.05, 0.1) is 10.4 Å². The Morgan fingerprint density at radius 3 is 2.67 bits per heavy atom. The van der Waals surface area contributed by atoms with Gasteiger partial charge in [0.15, 0.2) is 0 Å². The number of likely N-dealkylation sites (N-methyl/N-ethyl adjacent to an activating group) is 1. The summed E-state index contributed by atoms with van der Waals surface area (Å²) in [5.74, 6) is 4.89. The van der Waals surface area contributed by atoms with E-state index < -0.39 is 6.04 Å². The third kappa shape index (κ3) is 4.88. The lowest BCUT2D eigenvalue weighted by Gasteiger charge is -2.23. The third-order valence-corrected chi connectivity index (χ3v) is 3.79. The van der Waals surface area contributed by atoms with Crippen molar-refractivity contribution in [1.82, 2.24) is 10.2 Å². The van der Waals surface area contributed by atoms with Gasteiger partial charge in [-0.2, -0.15) is 0 Å². The number of carbonyl (C=O) groups is 2. The van der Waals surface area contributed by atoms with E-state index in [4.69, 9.17) is 5.11 Å². The van der Waals surface area contributed by atoms with Crippen molar-refractivity contribution in [1.29, 1.82) is 0 Å². The van der Waals surface area contributed by atoms with Gasteiger partial charge in [0.25, 0.3) is 5.91 Å². The average Bonchev–Trinajstić information content (AvgIpc) is 2.95. The first-order chi connectivity index (χ1) is 10.0. The number of amides is 2. The Balaban J connectivity index is 2.68. The molecule has 5 nitrogen and oxygen atoms in total. The highest BCUT2D eigenvalue weighted by molar-refractivity contribution is 7.10. The van der Waals surface area contributed by atoms with Crippen LogP contribution >= 0.6 is 11.3 Å². The van der Waals surface area contributed by atoms with Gasteiger partial charge in [-0.25, -0.2) is 0 Å². The van der Waals surface area contributed by atoms with Crippen LogP contribution in [0.4, 0.5) is 0 Å². The van der Waals surface area contributed by atoms with Gasteiger partial charge >= 0.3 is 0 Å². The third-order valence-electron chi connectivity index (χ3n) is 2.95. The summed E-state index contributed by atoms with van der Waals surface area (Å²) in [5.41, 5.74) is 0.474. The van der Waals surface area contributed by atoms with Crippen LogP contribution in [0.3, 0.4) is 0 Å². The molecule has 1 rings (SSSR count). The summed E-state index contributed by atoms with van der Waals surface area (Å²) in [6.45, 7) is 6.51. The normalized spacial score (nSPS) is 11.2. The molecule has 0 saturated heterocycles. The van der Waals surface area contributed by atoms with Gasteiger partial charge in [-0.05, 0) is 26.8 Å². The van der Waals surface area contributed by atoms with Crippen LogP contribution in [0.15, 0.2) is 11.4 Å². The molecular weight excluding hydrogens is 288 g/mol. The van der Waals surface area contributed by atoms with Crippen LogP contribution in [0.25, 0.3) is 0 Å². The summed E-state index contributed by atoms with van der Waals surface area (Å²) in [4.78, 5) is 26.5. The molecule has 1 atom stereocenters. The number of aliphatic hydroxyl groups excluding tert-OH is 1. The zero-order valence-corrected chi connectivity index (χ0v) is 13.3. The molecule has 0 aromatic carbocycles. The molecule has 2 N–H and O–H groups in total. The fourth-order valence-electron chi connectivity index (χ4n) is 1.80. The maximum atomic E-state index is 12.1. The van der Waals surface area contributed by atoms with Crippen LogP contribution in [-0.4, -0.2) is 47.6 Å². The number of thiophene rings is 1. The van der Waals surface area contributed by atoms with Crippen LogP contribution in [0.5, 0.6) is 0 Å². The van der Waals surface area contributed by atoms with Crippen molar-refractivity contribution >= 4 is 23.2 Å². The fraction of sp³-hybridized carbons (Fsp3) is 0.467. The molecule has 0 aliphatic rings. The smallest absolute Gasteiger partial charge is 0.252 e. The van der Waals surface area contributed by atoms with E-state index in [0.717, 1.165) is 0 Å². The van der Waals surface area contributed by atoms with Crippen molar-refractivity contribution in [3.05, 3.63) is 21.9 Å². The van der Waals surface area contributed by atoms with Crippen molar-refractivity contribution in [3.8, 4) is 11.8 Å². The van der Waals surface area contributed by atoms with Crippen LogP contribution < -0.4 is 5.32 Å². The van der Waals surface area contributed by atoms with Crippen LogP contribution in [0.2, 0.25) is 0 Å². The maximum Gasteiger partial charge on any atom is 0.252 e. The Morgan fingerprint density at radius 2 is 2.10 bits per heavy atom. The molecule has 0 bridgehead atoms. The molecule has 0 radical (unpaired) electrons. The molecule has 1 aromatic rings. The molecule has 0 saturated carbocycles. The standard InChI is InChI=1S/C15H20N2O3S/c1-4-17(5-2)15(20)11(3)16-14(19)12-9-13(21-10-12)7-6-8-18/h9-11,18H,4-5,8H2,1-3H3,(H,16,19). The fourth-order valence-corrected chi connectivity index (χ4v) is 2.55. The number of rotatable bonds is 5. The van der Waals surface area contributed by atoms with Crippen molar-refractivity contribution in [2.45, 2.75) is 26.8 Å². The summed E-state index contributed by atoms with van der Waals surface area (Å²) in [5, 5.41) is 13.0. The molecular formula is C15H20N2O3S. The van der Waals surface area contributed by atoms with Gasteiger partial charge < -0.3 is 15.3 Å². The van der Waals surface area contributed by atoms with Gasteiger partial charge in [-0.15, -0.1) is 11.3 Å². The summed E-state index contributed by atoms with van der Waals surface area (Å²) in [6, 6.07) is 1.08. The topological polar surface area (TPSA) is 69.6 Å². The zero-order chi connectivity index (χ0) is 15.8. The lowest BCUT2D eigenvalue weighted by Crippen LogP contribution is -2.46. The van der Waals surface area contributed by atoms with Crippen molar-refractivity contribution in [3.63, 3.8) is 0 Å². The molecule has 1 heterocycles. The first-order valence-corrected chi connectivity index (χ1v) is 7.69. The number of hydrogen-bond donors (Lipinski definition) is 2. The number of nitrogens with zero attached hydrogens (tertiary/aromatic N) is 1. The predicted octanol–water partition coefficient (Wildman–Crippen LogP) is 1.08. The first-order valence-electron chi connectivity index (χ1n) is 6.81. The second-order valence-electron chi connectivity index (χ2n) is 4.37. The lowest BCUT2D eigenvalue weighted by atomic mass is 10.2. The second kappa shape index (κ2) is 8.45. The molecule has 0 fully saturated rings. The largest absolute Gasteiger partial charge is 0.384 e. The minimum Gasteiger partial charge on any atom is -0.384 e. The van der Waals surface area contributed by atoms with E-state index in [1.54, 1.807) is 23.3 Å². The minimum absolute atomic E-state index is 0.0936. The number of nitrogens with one attached hydrogen (secondary N) is 1. The molecule has 114 valence electrons. The Hall–Kier alpha value is -1.84. The highest BCUT2D eigenvalue weighted by atomic mass is 32.1. The van der Waals surface area contributed by atoms with Crippen LogP contribution in [0, 0.1) is 11.8 Å². The first kappa shape index (κ1) is 17.2. The molecule has 0 aliphatic heterocycles. The zero-order valence-electron chi connectivity index (χ0n) is 12.5. The molecule has 21 heavy (non-hydrogen) atoms. The molecule has 1 unspecified atom stereocenters. The Bertz CT molecular complexity index is 553. The van der Waals surface area contributed by atoms with Gasteiger partial charge in [-0.3, -0.25) is 9.59 Å². The predicted molar refractivity (Wildman–Crippen MR) is 83.1 cm³/mol. The van der Waals surface area contributed by atoms with E-state index in [9.17, 15) is 9.59 Å². The van der Waals surface area contributed by atoms with E-state index in [0.29, 0.717) is 23.5 Å². The quantitative estimate of drug-likeness (QED) is 0.800. The van der Waals surface area contributed by atoms with E-state index in [-0.39, 0.29) is 18.4 Å². The van der Waals surface area contributed by atoms with Gasteiger partial charge in [0.1, 0.15) is 12.6 Å². The van der Waals surface area contributed by atoms with E-state index in [2.05, 4.69) is 17.2 Å². The summed E-state index contributed by atoms with van der Waals surface area (Å²) in [7, 11) is 0. The van der Waals surface area contributed by atoms with Gasteiger partial charge in [0.2, 0.25) is 5.91 Å². The van der Waals surface area contributed by atoms with Crippen LogP contribution in [-0.2, 0) is 4.79 Å². The Kier molecular flexibility index (Phi) is 6.92. The summed E-state index contributed by atoms with van der Waals surface area (Å²) in [6.07, 6.45) is 0. The summed E-state index contributed by atoms with van der Waals surface area (Å²) < 4.78 is 0. The highest BCUT2D eigenvalue weighted by Crippen LogP contribution is 2.13. The minimum atomic E-state index is -0.565. The van der Waals surface area contributed by atoms with Gasteiger partial charge in [-0.1, -0.05) is 11.8 Å². The summed E-state index contributed by atoms with van der Waals surface area (Å²) >= 11 is 1.33. The highest BCUT2D eigenvalue weighted by Gasteiger charge is 2.20. The van der Waals surface area contributed by atoms with Crippen molar-refractivity contribution in [2.24, 2.45) is 0 Å².